The summed E-state index contributed by atoms with van der Waals surface area (Å²) < 4.78 is 1.56. The van der Waals surface area contributed by atoms with Crippen LogP contribution in [0.4, 0.5) is 5.69 Å². The molecule has 26 heavy (non-hydrogen) atoms. The second-order valence-corrected chi connectivity index (χ2v) is 6.40. The summed E-state index contributed by atoms with van der Waals surface area (Å²) in [5.74, 6) is -0.173. The van der Waals surface area contributed by atoms with Crippen LogP contribution in [-0.4, -0.2) is 21.2 Å². The number of nitrogens with one attached hydrogen (secondary N) is 1. The monoisotopic (exact) mass is 364 g/mol. The quantitative estimate of drug-likeness (QED) is 0.555. The van der Waals surface area contributed by atoms with Crippen LogP contribution in [0.2, 0.25) is 0 Å². The van der Waals surface area contributed by atoms with Gasteiger partial charge in [0.25, 0.3) is 5.56 Å². The van der Waals surface area contributed by atoms with Gasteiger partial charge >= 0.3 is 0 Å². The molecule has 130 valence electrons. The summed E-state index contributed by atoms with van der Waals surface area (Å²) >= 11 is 1.20. The van der Waals surface area contributed by atoms with E-state index in [0.717, 1.165) is 0 Å². The Kier molecular flexibility index (Phi) is 5.34. The summed E-state index contributed by atoms with van der Waals surface area (Å²) in [4.78, 5) is 29.3. The highest BCUT2D eigenvalue weighted by Crippen LogP contribution is 2.19. The van der Waals surface area contributed by atoms with Gasteiger partial charge in [-0.1, -0.05) is 36.0 Å². The van der Waals surface area contributed by atoms with Crippen molar-refractivity contribution in [2.45, 2.75) is 18.6 Å². The molecule has 1 aromatic heterocycles. The average Bonchev–Trinajstić information content (AvgIpc) is 2.67. The molecule has 1 heterocycles. The van der Waals surface area contributed by atoms with Gasteiger partial charge in [-0.25, -0.2) is 4.98 Å². The smallest absolute Gasteiger partial charge is 0.262 e. The Balaban J connectivity index is 1.80. The molecule has 1 N–H and O–H groups in total. The molecule has 6 nitrogen and oxygen atoms in total. The number of rotatable bonds is 5. The summed E-state index contributed by atoms with van der Waals surface area (Å²) in [6, 6.07) is 16.0. The zero-order valence-electron chi connectivity index (χ0n) is 14.1. The van der Waals surface area contributed by atoms with Gasteiger partial charge in [0.1, 0.15) is 6.07 Å². The van der Waals surface area contributed by atoms with Crippen LogP contribution in [0.15, 0.2) is 58.5 Å². The molecule has 0 radical (unpaired) electrons. The topological polar surface area (TPSA) is 87.8 Å². The lowest BCUT2D eigenvalue weighted by Crippen LogP contribution is -2.23. The van der Waals surface area contributed by atoms with E-state index in [1.165, 1.54) is 11.8 Å². The van der Waals surface area contributed by atoms with Crippen molar-refractivity contribution in [1.29, 1.82) is 5.26 Å². The maximum Gasteiger partial charge on any atom is 0.262 e. The summed E-state index contributed by atoms with van der Waals surface area (Å²) in [6.07, 6.45) is 0. The number of para-hydroxylation sites is 2. The van der Waals surface area contributed by atoms with Crippen LogP contribution >= 0.6 is 11.8 Å². The number of fused-ring (bicyclic) bond motifs is 1. The van der Waals surface area contributed by atoms with Crippen LogP contribution in [0.5, 0.6) is 0 Å². The van der Waals surface area contributed by atoms with E-state index in [0.29, 0.717) is 33.9 Å². The van der Waals surface area contributed by atoms with Gasteiger partial charge in [0, 0.05) is 6.54 Å². The highest BCUT2D eigenvalue weighted by atomic mass is 32.2. The maximum absolute atomic E-state index is 12.6. The van der Waals surface area contributed by atoms with E-state index in [-0.39, 0.29) is 17.2 Å². The summed E-state index contributed by atoms with van der Waals surface area (Å²) in [5.41, 5.74) is 1.37. The molecule has 0 atom stereocenters. The number of aromatic nitrogens is 2. The van der Waals surface area contributed by atoms with E-state index < -0.39 is 0 Å². The van der Waals surface area contributed by atoms with Crippen molar-refractivity contribution >= 4 is 34.3 Å². The van der Waals surface area contributed by atoms with Gasteiger partial charge in [0.2, 0.25) is 5.91 Å². The molecule has 0 fully saturated rings. The van der Waals surface area contributed by atoms with Crippen LogP contribution in [-0.2, 0) is 11.3 Å². The zero-order chi connectivity index (χ0) is 18.5. The number of benzene rings is 2. The highest BCUT2D eigenvalue weighted by Gasteiger charge is 2.13. The Labute approximate surface area is 154 Å². The first-order valence-corrected chi connectivity index (χ1v) is 9.04. The fraction of sp³-hybridized carbons (Fsp3) is 0.158. The van der Waals surface area contributed by atoms with Crippen molar-refractivity contribution in [1.82, 2.24) is 9.55 Å². The minimum Gasteiger partial charge on any atom is -0.324 e. The number of carbonyl (C=O) groups excluding carboxylic acids is 1. The molecule has 0 saturated carbocycles. The Hall–Kier alpha value is -3.11. The van der Waals surface area contributed by atoms with Crippen LogP contribution in [0.25, 0.3) is 10.9 Å². The van der Waals surface area contributed by atoms with E-state index in [1.54, 1.807) is 47.0 Å². The third-order valence-electron chi connectivity index (χ3n) is 3.80. The van der Waals surface area contributed by atoms with E-state index in [1.807, 2.05) is 19.1 Å². The molecular formula is C19H16N4O2S. The number of carbonyl (C=O) groups is 1. The third kappa shape index (κ3) is 3.60. The maximum atomic E-state index is 12.6. The minimum absolute atomic E-state index is 0.0878. The van der Waals surface area contributed by atoms with E-state index in [9.17, 15) is 9.59 Å². The first-order valence-electron chi connectivity index (χ1n) is 8.05. The van der Waals surface area contributed by atoms with Crippen molar-refractivity contribution in [2.24, 2.45) is 0 Å². The van der Waals surface area contributed by atoms with Crippen molar-refractivity contribution in [2.75, 3.05) is 11.1 Å². The minimum atomic E-state index is -0.261. The summed E-state index contributed by atoms with van der Waals surface area (Å²) in [5, 5.41) is 12.9. The third-order valence-corrected chi connectivity index (χ3v) is 4.77. The molecule has 0 spiro atoms. The molecule has 7 heteroatoms. The standard InChI is InChI=1S/C19H16N4O2S/c1-2-23-18(25)14-8-4-6-10-16(14)22-19(23)26-12-17(24)21-15-9-5-3-7-13(15)11-20/h3-10H,2,12H2,1H3,(H,21,24). The molecular weight excluding hydrogens is 348 g/mol. The zero-order valence-corrected chi connectivity index (χ0v) is 14.9. The Morgan fingerprint density at radius 1 is 1.23 bits per heavy atom. The number of hydrogen-bond donors (Lipinski definition) is 1. The van der Waals surface area contributed by atoms with Gasteiger partial charge in [-0.2, -0.15) is 5.26 Å². The molecule has 1 amide bonds. The van der Waals surface area contributed by atoms with Crippen LogP contribution in [0.3, 0.4) is 0 Å². The van der Waals surface area contributed by atoms with Crippen molar-refractivity contribution in [3.05, 3.63) is 64.4 Å². The fourth-order valence-electron chi connectivity index (χ4n) is 2.54. The van der Waals surface area contributed by atoms with Crippen molar-refractivity contribution < 1.29 is 4.79 Å². The normalized spacial score (nSPS) is 10.5. The summed E-state index contributed by atoms with van der Waals surface area (Å²) in [7, 11) is 0. The molecule has 0 saturated heterocycles. The lowest BCUT2D eigenvalue weighted by atomic mass is 10.2. The largest absolute Gasteiger partial charge is 0.324 e. The lowest BCUT2D eigenvalue weighted by Gasteiger charge is -2.11. The van der Waals surface area contributed by atoms with Gasteiger partial charge in [-0.15, -0.1) is 0 Å². The molecule has 0 aliphatic rings. The average molecular weight is 364 g/mol. The number of nitriles is 1. The molecule has 0 unspecified atom stereocenters. The van der Waals surface area contributed by atoms with Gasteiger partial charge in [0.15, 0.2) is 5.16 Å². The van der Waals surface area contributed by atoms with Crippen LogP contribution in [0.1, 0.15) is 12.5 Å². The predicted octanol–water partition coefficient (Wildman–Crippen LogP) is 3.02. The summed E-state index contributed by atoms with van der Waals surface area (Å²) in [6.45, 7) is 2.34. The van der Waals surface area contributed by atoms with E-state index >= 15 is 0 Å². The number of amides is 1. The van der Waals surface area contributed by atoms with Crippen molar-refractivity contribution in [3.63, 3.8) is 0 Å². The molecule has 3 aromatic rings. The highest BCUT2D eigenvalue weighted by molar-refractivity contribution is 7.99. The first-order chi connectivity index (χ1) is 12.6. The predicted molar refractivity (Wildman–Crippen MR) is 102 cm³/mol. The molecule has 2 aromatic carbocycles. The molecule has 3 rings (SSSR count). The van der Waals surface area contributed by atoms with Crippen LogP contribution < -0.4 is 10.9 Å². The number of thioether (sulfide) groups is 1. The van der Waals surface area contributed by atoms with Gasteiger partial charge in [0.05, 0.1) is 27.9 Å². The Morgan fingerprint density at radius 2 is 1.96 bits per heavy atom. The first kappa shape index (κ1) is 17.7. The van der Waals surface area contributed by atoms with Crippen molar-refractivity contribution in [3.8, 4) is 6.07 Å². The lowest BCUT2D eigenvalue weighted by molar-refractivity contribution is -0.113. The van der Waals surface area contributed by atoms with Gasteiger partial charge < -0.3 is 5.32 Å². The molecule has 0 bridgehead atoms. The fourth-order valence-corrected chi connectivity index (χ4v) is 3.41. The van der Waals surface area contributed by atoms with Crippen LogP contribution in [0, 0.1) is 11.3 Å². The molecule has 0 aliphatic carbocycles. The van der Waals surface area contributed by atoms with E-state index in [2.05, 4.69) is 10.3 Å². The number of hydrogen-bond acceptors (Lipinski definition) is 5. The van der Waals surface area contributed by atoms with E-state index in [4.69, 9.17) is 5.26 Å². The second kappa shape index (κ2) is 7.85. The Bertz CT molecular complexity index is 1070. The number of nitrogens with zero attached hydrogens (tertiary/aromatic N) is 3. The second-order valence-electron chi connectivity index (χ2n) is 5.46. The SMILES string of the molecule is CCn1c(SCC(=O)Nc2ccccc2C#N)nc2ccccc2c1=O. The Morgan fingerprint density at radius 3 is 2.73 bits per heavy atom. The molecule has 0 aliphatic heterocycles. The van der Waals surface area contributed by atoms with Gasteiger partial charge in [-0.3, -0.25) is 14.2 Å². The van der Waals surface area contributed by atoms with Gasteiger partial charge in [-0.05, 0) is 31.2 Å². The number of anilines is 1.